The first-order valence-corrected chi connectivity index (χ1v) is 12.5. The van der Waals surface area contributed by atoms with Gasteiger partial charge in [-0.25, -0.2) is 0 Å². The van der Waals surface area contributed by atoms with E-state index in [1.54, 1.807) is 0 Å². The molecule has 3 amide bonds. The molecule has 2 aliphatic heterocycles. The molecular formula is C25H31N3O3S. The summed E-state index contributed by atoms with van der Waals surface area (Å²) in [6.07, 6.45) is 9.70. The van der Waals surface area contributed by atoms with E-state index in [0.717, 1.165) is 73.4 Å². The van der Waals surface area contributed by atoms with Gasteiger partial charge in [0.15, 0.2) is 0 Å². The summed E-state index contributed by atoms with van der Waals surface area (Å²) in [5.74, 6) is -0.0793. The molecule has 0 bridgehead atoms. The molecule has 1 aromatic heterocycles. The number of imide groups is 1. The molecule has 0 N–H and O–H groups in total. The molecule has 6 nitrogen and oxygen atoms in total. The smallest absolute Gasteiger partial charge is 0.293 e. The highest BCUT2D eigenvalue weighted by atomic mass is 32.2. The molecule has 7 heteroatoms. The van der Waals surface area contributed by atoms with Crippen LogP contribution < -0.4 is 0 Å². The molecule has 2 aliphatic rings. The van der Waals surface area contributed by atoms with Crippen molar-refractivity contribution in [1.82, 2.24) is 14.4 Å². The van der Waals surface area contributed by atoms with Crippen molar-refractivity contribution in [2.75, 3.05) is 19.6 Å². The van der Waals surface area contributed by atoms with Gasteiger partial charge in [-0.2, -0.15) is 0 Å². The van der Waals surface area contributed by atoms with Crippen LogP contribution in [0.25, 0.3) is 17.0 Å². The molecular weight excluding hydrogens is 422 g/mol. The van der Waals surface area contributed by atoms with Crippen molar-refractivity contribution in [3.8, 4) is 0 Å². The summed E-state index contributed by atoms with van der Waals surface area (Å²) in [5, 5.41) is 0.809. The number of likely N-dealkylation sites (tertiary alicyclic amines) is 1. The molecule has 0 aliphatic carbocycles. The standard InChI is InChI=1S/C25H31N3O3S/c1-3-5-14-28-24(30)21(32-25(28)31)15-19-16-27(17-22(29)26-12-7-6-8-13-26)23-18(4-2)10-9-11-20(19)23/h9-11,15-16H,3-8,12-14,17H2,1-2H3/b21-15-. The van der Waals surface area contributed by atoms with Crippen LogP contribution in [-0.4, -0.2) is 51.1 Å². The van der Waals surface area contributed by atoms with Crippen molar-refractivity contribution in [1.29, 1.82) is 0 Å². The Hall–Kier alpha value is -2.54. The predicted octanol–water partition coefficient (Wildman–Crippen LogP) is 5.05. The number of para-hydroxylation sites is 1. The van der Waals surface area contributed by atoms with Crippen LogP contribution in [-0.2, 0) is 22.6 Å². The van der Waals surface area contributed by atoms with Crippen LogP contribution in [0.15, 0.2) is 29.3 Å². The Morgan fingerprint density at radius 2 is 1.91 bits per heavy atom. The molecule has 0 atom stereocenters. The quantitative estimate of drug-likeness (QED) is 0.550. The lowest BCUT2D eigenvalue weighted by molar-refractivity contribution is -0.132. The van der Waals surface area contributed by atoms with Crippen LogP contribution in [0.3, 0.4) is 0 Å². The van der Waals surface area contributed by atoms with Gasteiger partial charge in [0, 0.05) is 36.8 Å². The van der Waals surface area contributed by atoms with E-state index in [9.17, 15) is 14.4 Å². The molecule has 0 unspecified atom stereocenters. The lowest BCUT2D eigenvalue weighted by atomic mass is 10.1. The van der Waals surface area contributed by atoms with Gasteiger partial charge in [0.25, 0.3) is 11.1 Å². The minimum Gasteiger partial charge on any atom is -0.341 e. The second-order valence-corrected chi connectivity index (χ2v) is 9.50. The SMILES string of the molecule is CCCCN1C(=O)S/C(=C\c2cn(CC(=O)N3CCCCC3)c3c(CC)cccc23)C1=O. The number of aromatic nitrogens is 1. The Morgan fingerprint density at radius 1 is 1.12 bits per heavy atom. The molecule has 2 aromatic rings. The van der Waals surface area contributed by atoms with Crippen LogP contribution in [0.1, 0.15) is 57.1 Å². The van der Waals surface area contributed by atoms with E-state index >= 15 is 0 Å². The van der Waals surface area contributed by atoms with Gasteiger partial charge in [-0.3, -0.25) is 19.3 Å². The number of piperidine rings is 1. The van der Waals surface area contributed by atoms with Gasteiger partial charge >= 0.3 is 0 Å². The summed E-state index contributed by atoms with van der Waals surface area (Å²) in [7, 11) is 0. The first-order valence-electron chi connectivity index (χ1n) is 11.7. The Labute approximate surface area is 193 Å². The van der Waals surface area contributed by atoms with Gasteiger partial charge in [0.05, 0.1) is 10.4 Å². The van der Waals surface area contributed by atoms with Crippen molar-refractivity contribution in [2.45, 2.75) is 58.9 Å². The highest BCUT2D eigenvalue weighted by molar-refractivity contribution is 8.18. The molecule has 3 heterocycles. The number of benzene rings is 1. The van der Waals surface area contributed by atoms with Gasteiger partial charge in [-0.1, -0.05) is 38.5 Å². The molecule has 0 spiro atoms. The second kappa shape index (κ2) is 9.94. The maximum Gasteiger partial charge on any atom is 0.293 e. The van der Waals surface area contributed by atoms with Crippen molar-refractivity contribution in [2.24, 2.45) is 0 Å². The first-order chi connectivity index (χ1) is 15.5. The summed E-state index contributed by atoms with van der Waals surface area (Å²) in [4.78, 5) is 41.9. The summed E-state index contributed by atoms with van der Waals surface area (Å²) in [6.45, 7) is 6.56. The minimum absolute atomic E-state index is 0.138. The number of fused-ring (bicyclic) bond motifs is 1. The largest absolute Gasteiger partial charge is 0.341 e. The van der Waals surface area contributed by atoms with Crippen molar-refractivity contribution >= 4 is 45.8 Å². The van der Waals surface area contributed by atoms with E-state index in [-0.39, 0.29) is 17.1 Å². The number of rotatable bonds is 7. The second-order valence-electron chi connectivity index (χ2n) is 8.51. The monoisotopic (exact) mass is 453 g/mol. The number of hydrogen-bond acceptors (Lipinski definition) is 4. The molecule has 170 valence electrons. The van der Waals surface area contributed by atoms with Crippen LogP contribution in [0.4, 0.5) is 4.79 Å². The zero-order chi connectivity index (χ0) is 22.7. The van der Waals surface area contributed by atoms with E-state index in [0.29, 0.717) is 18.0 Å². The van der Waals surface area contributed by atoms with Gasteiger partial charge in [0.1, 0.15) is 6.54 Å². The molecule has 0 saturated carbocycles. The van der Waals surface area contributed by atoms with E-state index in [1.165, 1.54) is 16.9 Å². The maximum absolute atomic E-state index is 13.0. The Kier molecular flexibility index (Phi) is 7.04. The summed E-state index contributed by atoms with van der Waals surface area (Å²) in [6, 6.07) is 6.14. The van der Waals surface area contributed by atoms with Crippen LogP contribution in [0, 0.1) is 0 Å². The lowest BCUT2D eigenvalue weighted by Crippen LogP contribution is -2.37. The third-order valence-electron chi connectivity index (χ3n) is 6.30. The number of thioether (sulfide) groups is 1. The normalized spacial score (nSPS) is 18.4. The maximum atomic E-state index is 13.0. The Balaban J connectivity index is 1.68. The molecule has 2 fully saturated rings. The zero-order valence-electron chi connectivity index (χ0n) is 18.9. The van der Waals surface area contributed by atoms with Crippen LogP contribution in [0.5, 0.6) is 0 Å². The molecule has 1 aromatic carbocycles. The fourth-order valence-corrected chi connectivity index (χ4v) is 5.39. The lowest BCUT2D eigenvalue weighted by Gasteiger charge is -2.27. The van der Waals surface area contributed by atoms with Gasteiger partial charge in [-0.15, -0.1) is 0 Å². The Morgan fingerprint density at radius 3 is 2.62 bits per heavy atom. The van der Waals surface area contributed by atoms with Crippen molar-refractivity contribution in [3.05, 3.63) is 40.4 Å². The van der Waals surface area contributed by atoms with E-state index in [2.05, 4.69) is 13.0 Å². The average molecular weight is 454 g/mol. The number of nitrogens with zero attached hydrogens (tertiary/aromatic N) is 3. The molecule has 32 heavy (non-hydrogen) atoms. The predicted molar refractivity (Wildman–Crippen MR) is 129 cm³/mol. The van der Waals surface area contributed by atoms with Gasteiger partial charge < -0.3 is 9.47 Å². The minimum atomic E-state index is -0.217. The summed E-state index contributed by atoms with van der Waals surface area (Å²) < 4.78 is 2.03. The third kappa shape index (κ3) is 4.49. The van der Waals surface area contributed by atoms with E-state index in [1.807, 2.05) is 40.8 Å². The van der Waals surface area contributed by atoms with Gasteiger partial charge in [-0.05, 0) is 55.5 Å². The van der Waals surface area contributed by atoms with E-state index < -0.39 is 0 Å². The number of carbonyl (C=O) groups excluding carboxylic acids is 3. The number of aryl methyl sites for hydroxylation is 1. The van der Waals surface area contributed by atoms with Gasteiger partial charge in [0.2, 0.25) is 5.91 Å². The number of unbranched alkanes of at least 4 members (excludes halogenated alkanes) is 1. The fourth-order valence-electron chi connectivity index (χ4n) is 4.53. The molecule has 2 saturated heterocycles. The first kappa shape index (κ1) is 22.6. The molecule has 0 radical (unpaired) electrons. The number of amides is 3. The highest BCUT2D eigenvalue weighted by Crippen LogP contribution is 2.35. The van der Waals surface area contributed by atoms with E-state index in [4.69, 9.17) is 0 Å². The third-order valence-corrected chi connectivity index (χ3v) is 7.21. The topological polar surface area (TPSA) is 62.6 Å². The zero-order valence-corrected chi connectivity index (χ0v) is 19.7. The average Bonchev–Trinajstić information content (AvgIpc) is 3.29. The fraction of sp³-hybridized carbons (Fsp3) is 0.480. The van der Waals surface area contributed by atoms with Crippen molar-refractivity contribution < 1.29 is 14.4 Å². The highest BCUT2D eigenvalue weighted by Gasteiger charge is 2.34. The summed E-state index contributed by atoms with van der Waals surface area (Å²) >= 11 is 1.01. The van der Waals surface area contributed by atoms with Crippen molar-refractivity contribution in [3.63, 3.8) is 0 Å². The molecule has 4 rings (SSSR count). The Bertz CT molecular complexity index is 1070. The summed E-state index contributed by atoms with van der Waals surface area (Å²) in [5.41, 5.74) is 3.09. The number of carbonyl (C=O) groups is 3. The number of hydrogen-bond donors (Lipinski definition) is 0. The van der Waals surface area contributed by atoms with Crippen LogP contribution in [0.2, 0.25) is 0 Å². The van der Waals surface area contributed by atoms with Crippen LogP contribution >= 0.6 is 11.8 Å².